The Balaban J connectivity index is 1.47. The summed E-state index contributed by atoms with van der Waals surface area (Å²) in [5, 5.41) is 0. The summed E-state index contributed by atoms with van der Waals surface area (Å²) < 4.78 is 16.8. The number of benzene rings is 3. The van der Waals surface area contributed by atoms with E-state index in [1.54, 1.807) is 6.92 Å². The van der Waals surface area contributed by atoms with Crippen molar-refractivity contribution >= 4 is 5.91 Å². The van der Waals surface area contributed by atoms with Crippen molar-refractivity contribution in [3.8, 4) is 17.2 Å². The zero-order chi connectivity index (χ0) is 23.9. The molecule has 0 fully saturated rings. The fraction of sp³-hybridized carbons (Fsp3) is 0.345. The van der Waals surface area contributed by atoms with Gasteiger partial charge in [0.05, 0.1) is 6.10 Å². The lowest BCUT2D eigenvalue weighted by molar-refractivity contribution is -0.129. The van der Waals surface area contributed by atoms with Crippen molar-refractivity contribution in [3.63, 3.8) is 0 Å². The summed E-state index contributed by atoms with van der Waals surface area (Å²) in [7, 11) is 0. The van der Waals surface area contributed by atoms with Crippen LogP contribution in [-0.4, -0.2) is 30.2 Å². The average molecular weight is 460 g/mol. The van der Waals surface area contributed by atoms with Crippen LogP contribution in [-0.2, 0) is 17.8 Å². The molecular weight excluding hydrogens is 426 g/mol. The molecular formula is C29H33NO4. The molecule has 0 radical (unpaired) electrons. The van der Waals surface area contributed by atoms with E-state index < -0.39 is 0 Å². The summed E-state index contributed by atoms with van der Waals surface area (Å²) in [6.45, 7) is 7.18. The molecule has 0 saturated heterocycles. The summed E-state index contributed by atoms with van der Waals surface area (Å²) in [4.78, 5) is 14.4. The van der Waals surface area contributed by atoms with Crippen molar-refractivity contribution in [2.45, 2.75) is 52.2 Å². The van der Waals surface area contributed by atoms with Crippen molar-refractivity contribution in [1.29, 1.82) is 0 Å². The number of fused-ring (bicyclic) bond motifs is 1. The summed E-state index contributed by atoms with van der Waals surface area (Å²) >= 11 is 0. The Kier molecular flexibility index (Phi) is 7.73. The molecule has 0 saturated carbocycles. The number of ether oxygens (including phenoxy) is 3. The lowest BCUT2D eigenvalue weighted by atomic mass is 9.88. The quantitative estimate of drug-likeness (QED) is 0.375. The molecule has 5 nitrogen and oxygen atoms in total. The van der Waals surface area contributed by atoms with Crippen LogP contribution < -0.4 is 14.2 Å². The SMILES string of the molecule is CC(=O)N(CC[C@@H](Cc1ccccc1)c1ccc2c(c1)OCO2)Cc1ccc(OC(C)C)cc1. The largest absolute Gasteiger partial charge is 0.491 e. The Bertz CT molecular complexity index is 1080. The van der Waals surface area contributed by atoms with E-state index in [4.69, 9.17) is 14.2 Å². The van der Waals surface area contributed by atoms with Gasteiger partial charge < -0.3 is 19.1 Å². The van der Waals surface area contributed by atoms with Gasteiger partial charge in [-0.05, 0) is 73.6 Å². The maximum atomic E-state index is 12.5. The van der Waals surface area contributed by atoms with Gasteiger partial charge in [-0.15, -0.1) is 0 Å². The molecule has 178 valence electrons. The number of hydrogen-bond acceptors (Lipinski definition) is 4. The van der Waals surface area contributed by atoms with Crippen molar-refractivity contribution in [2.75, 3.05) is 13.3 Å². The van der Waals surface area contributed by atoms with Crippen molar-refractivity contribution in [1.82, 2.24) is 4.90 Å². The molecule has 34 heavy (non-hydrogen) atoms. The number of nitrogens with zero attached hydrogens (tertiary/aromatic N) is 1. The van der Waals surface area contributed by atoms with Crippen LogP contribution in [0.15, 0.2) is 72.8 Å². The molecule has 1 atom stereocenters. The predicted molar refractivity (Wildman–Crippen MR) is 133 cm³/mol. The van der Waals surface area contributed by atoms with Gasteiger partial charge in [0.25, 0.3) is 0 Å². The second-order valence-electron chi connectivity index (χ2n) is 9.04. The van der Waals surface area contributed by atoms with Crippen LogP contribution in [0.25, 0.3) is 0 Å². The van der Waals surface area contributed by atoms with Crippen LogP contribution in [0.4, 0.5) is 0 Å². The Labute approximate surface area is 202 Å². The summed E-state index contributed by atoms with van der Waals surface area (Å²) in [6, 6.07) is 24.7. The first-order valence-corrected chi connectivity index (χ1v) is 11.9. The zero-order valence-electron chi connectivity index (χ0n) is 20.2. The molecule has 0 unspecified atom stereocenters. The number of amides is 1. The van der Waals surface area contributed by atoms with E-state index in [2.05, 4.69) is 36.4 Å². The molecule has 3 aromatic rings. The van der Waals surface area contributed by atoms with E-state index in [-0.39, 0.29) is 24.7 Å². The molecule has 4 rings (SSSR count). The first kappa shape index (κ1) is 23.7. The minimum absolute atomic E-state index is 0.0756. The first-order valence-electron chi connectivity index (χ1n) is 11.9. The average Bonchev–Trinajstić information content (AvgIpc) is 3.30. The summed E-state index contributed by atoms with van der Waals surface area (Å²) in [5.74, 6) is 2.76. The van der Waals surface area contributed by atoms with Gasteiger partial charge in [-0.3, -0.25) is 4.79 Å². The number of carbonyl (C=O) groups is 1. The van der Waals surface area contributed by atoms with Gasteiger partial charge >= 0.3 is 0 Å². The monoisotopic (exact) mass is 459 g/mol. The molecule has 1 amide bonds. The molecule has 0 bridgehead atoms. The first-order chi connectivity index (χ1) is 16.5. The fourth-order valence-corrected chi connectivity index (χ4v) is 4.28. The highest BCUT2D eigenvalue weighted by molar-refractivity contribution is 5.73. The lowest BCUT2D eigenvalue weighted by Crippen LogP contribution is -2.30. The third kappa shape index (κ3) is 6.31. The van der Waals surface area contributed by atoms with Crippen LogP contribution in [0, 0.1) is 0 Å². The molecule has 1 aliphatic heterocycles. The van der Waals surface area contributed by atoms with Gasteiger partial charge in [0.2, 0.25) is 12.7 Å². The maximum Gasteiger partial charge on any atom is 0.231 e. The Morgan fingerprint density at radius 1 is 0.941 bits per heavy atom. The molecule has 1 aliphatic rings. The third-order valence-corrected chi connectivity index (χ3v) is 6.05. The highest BCUT2D eigenvalue weighted by atomic mass is 16.7. The van der Waals surface area contributed by atoms with Crippen molar-refractivity contribution in [3.05, 3.63) is 89.5 Å². The maximum absolute atomic E-state index is 12.5. The highest BCUT2D eigenvalue weighted by Gasteiger charge is 2.20. The van der Waals surface area contributed by atoms with E-state index in [0.29, 0.717) is 13.1 Å². The smallest absolute Gasteiger partial charge is 0.231 e. The third-order valence-electron chi connectivity index (χ3n) is 6.05. The summed E-state index contributed by atoms with van der Waals surface area (Å²) in [6.07, 6.45) is 1.88. The second kappa shape index (κ2) is 11.1. The van der Waals surface area contributed by atoms with Crippen LogP contribution in [0.1, 0.15) is 49.8 Å². The summed E-state index contributed by atoms with van der Waals surface area (Å²) in [5.41, 5.74) is 3.57. The van der Waals surface area contributed by atoms with Crippen molar-refractivity contribution < 1.29 is 19.0 Å². The molecule has 5 heteroatoms. The highest BCUT2D eigenvalue weighted by Crippen LogP contribution is 2.36. The van der Waals surface area contributed by atoms with Gasteiger partial charge in [0.15, 0.2) is 11.5 Å². The number of carbonyl (C=O) groups excluding carboxylic acids is 1. The Morgan fingerprint density at radius 3 is 2.38 bits per heavy atom. The van der Waals surface area contributed by atoms with Gasteiger partial charge in [-0.2, -0.15) is 0 Å². The fourth-order valence-electron chi connectivity index (χ4n) is 4.28. The lowest BCUT2D eigenvalue weighted by Gasteiger charge is -2.25. The molecule has 0 spiro atoms. The minimum atomic E-state index is 0.0756. The van der Waals surface area contributed by atoms with Gasteiger partial charge in [-0.1, -0.05) is 48.5 Å². The normalized spacial score (nSPS) is 13.1. The van der Waals surface area contributed by atoms with Crippen LogP contribution in [0.3, 0.4) is 0 Å². The molecule has 0 N–H and O–H groups in total. The van der Waals surface area contributed by atoms with Crippen LogP contribution in [0.2, 0.25) is 0 Å². The second-order valence-corrected chi connectivity index (χ2v) is 9.04. The Morgan fingerprint density at radius 2 is 1.68 bits per heavy atom. The topological polar surface area (TPSA) is 48.0 Å². The molecule has 3 aromatic carbocycles. The van der Waals surface area contributed by atoms with E-state index >= 15 is 0 Å². The number of hydrogen-bond donors (Lipinski definition) is 0. The van der Waals surface area contributed by atoms with Gasteiger partial charge in [0, 0.05) is 20.0 Å². The molecule has 0 aromatic heterocycles. The number of rotatable bonds is 10. The van der Waals surface area contributed by atoms with E-state index in [1.807, 2.05) is 55.1 Å². The zero-order valence-corrected chi connectivity index (χ0v) is 20.2. The van der Waals surface area contributed by atoms with Crippen molar-refractivity contribution in [2.24, 2.45) is 0 Å². The Hall–Kier alpha value is -3.47. The van der Waals surface area contributed by atoms with E-state index in [1.165, 1.54) is 11.1 Å². The van der Waals surface area contributed by atoms with Crippen LogP contribution in [0.5, 0.6) is 17.2 Å². The molecule has 1 heterocycles. The van der Waals surface area contributed by atoms with Gasteiger partial charge in [-0.25, -0.2) is 0 Å². The van der Waals surface area contributed by atoms with E-state index in [9.17, 15) is 4.79 Å². The van der Waals surface area contributed by atoms with Gasteiger partial charge in [0.1, 0.15) is 5.75 Å². The predicted octanol–water partition coefficient (Wildman–Crippen LogP) is 5.97. The molecule has 0 aliphatic carbocycles. The standard InChI is InChI=1S/C29H33NO4/c1-21(2)34-27-12-9-24(10-13-27)19-30(22(3)31)16-15-26(17-23-7-5-4-6-8-23)25-11-14-28-29(18-25)33-20-32-28/h4-14,18,21,26H,15-17,19-20H2,1-3H3/t26-/m0/s1. The van der Waals surface area contributed by atoms with Crippen LogP contribution >= 0.6 is 0 Å². The minimum Gasteiger partial charge on any atom is -0.491 e. The van der Waals surface area contributed by atoms with E-state index in [0.717, 1.165) is 35.7 Å².